The normalized spacial score (nSPS) is 16.5. The van der Waals surface area contributed by atoms with E-state index >= 15 is 0 Å². The fourth-order valence-corrected chi connectivity index (χ4v) is 4.64. The molecule has 3 aromatic rings. The molecule has 0 bridgehead atoms. The van der Waals surface area contributed by atoms with Crippen LogP contribution in [0.1, 0.15) is 44.4 Å². The van der Waals surface area contributed by atoms with Crippen LogP contribution in [-0.2, 0) is 9.59 Å². The van der Waals surface area contributed by atoms with Gasteiger partial charge in [-0.15, -0.1) is 0 Å². The Kier molecular flexibility index (Phi) is 7.19. The van der Waals surface area contributed by atoms with Gasteiger partial charge >= 0.3 is 0 Å². The second-order valence-electron chi connectivity index (χ2n) is 8.79. The molecule has 0 unspecified atom stereocenters. The number of hydrogen-bond acceptors (Lipinski definition) is 4. The van der Waals surface area contributed by atoms with Gasteiger partial charge in [-0.3, -0.25) is 9.59 Å². The lowest BCUT2D eigenvalue weighted by Gasteiger charge is -2.39. The highest BCUT2D eigenvalue weighted by molar-refractivity contribution is 5.94. The Balaban J connectivity index is 1.71. The molecule has 2 atom stereocenters. The Hall–Kier alpha value is -4.08. The molecule has 0 fully saturated rings. The van der Waals surface area contributed by atoms with Gasteiger partial charge in [0.05, 0.1) is 12.6 Å². The minimum Gasteiger partial charge on any atom is -0.378 e. The molecule has 4 rings (SSSR count). The highest BCUT2D eigenvalue weighted by Gasteiger charge is 2.32. The van der Waals surface area contributed by atoms with Gasteiger partial charge < -0.3 is 21.3 Å². The van der Waals surface area contributed by atoms with Crippen LogP contribution in [0.3, 0.4) is 0 Å². The molecule has 178 valence electrons. The lowest BCUT2D eigenvalue weighted by atomic mass is 9.88. The van der Waals surface area contributed by atoms with Gasteiger partial charge in [0.1, 0.15) is 0 Å². The van der Waals surface area contributed by atoms with Crippen LogP contribution in [0.25, 0.3) is 11.1 Å². The van der Waals surface area contributed by atoms with Crippen LogP contribution in [-0.4, -0.2) is 24.4 Å². The summed E-state index contributed by atoms with van der Waals surface area (Å²) in [6, 6.07) is 22.0. The van der Waals surface area contributed by atoms with Gasteiger partial charge in [-0.05, 0) is 78.6 Å². The van der Waals surface area contributed by atoms with E-state index in [-0.39, 0.29) is 23.9 Å². The zero-order chi connectivity index (χ0) is 24.9. The SMILES string of the molecule is CC(=O)Nc1cccc(-c2ccc3c(c2)[C@H](Nc2ccc(C#CCN)cc2)C[C@H](C)N3C(C)=O)c1. The van der Waals surface area contributed by atoms with E-state index in [0.717, 1.165) is 45.7 Å². The first kappa shape index (κ1) is 24.1. The zero-order valence-electron chi connectivity index (χ0n) is 20.3. The zero-order valence-corrected chi connectivity index (χ0v) is 20.3. The van der Waals surface area contributed by atoms with Crippen LogP contribution < -0.4 is 21.3 Å². The molecule has 2 amide bonds. The number of fused-ring (bicyclic) bond motifs is 1. The Morgan fingerprint density at radius 1 is 1.00 bits per heavy atom. The Morgan fingerprint density at radius 2 is 1.74 bits per heavy atom. The number of nitrogens with zero attached hydrogens (tertiary/aromatic N) is 1. The number of carbonyl (C=O) groups excluding carboxylic acids is 2. The molecular formula is C29H30N4O2. The summed E-state index contributed by atoms with van der Waals surface area (Å²) in [7, 11) is 0. The molecule has 0 aliphatic carbocycles. The predicted octanol–water partition coefficient (Wildman–Crippen LogP) is 4.92. The third-order valence-corrected chi connectivity index (χ3v) is 6.10. The average molecular weight is 467 g/mol. The number of anilines is 3. The number of hydrogen-bond donors (Lipinski definition) is 3. The molecule has 1 aliphatic heterocycles. The monoisotopic (exact) mass is 466 g/mol. The first-order valence-electron chi connectivity index (χ1n) is 11.7. The maximum atomic E-state index is 12.5. The van der Waals surface area contributed by atoms with Crippen molar-refractivity contribution in [2.75, 3.05) is 22.1 Å². The van der Waals surface area contributed by atoms with E-state index in [1.807, 2.05) is 65.6 Å². The number of rotatable bonds is 4. The van der Waals surface area contributed by atoms with E-state index in [1.54, 1.807) is 6.92 Å². The van der Waals surface area contributed by atoms with E-state index in [4.69, 9.17) is 5.73 Å². The van der Waals surface area contributed by atoms with Crippen LogP contribution >= 0.6 is 0 Å². The molecule has 4 N–H and O–H groups in total. The molecule has 0 spiro atoms. The number of carbonyl (C=O) groups is 2. The highest BCUT2D eigenvalue weighted by atomic mass is 16.2. The van der Waals surface area contributed by atoms with E-state index in [9.17, 15) is 9.59 Å². The molecule has 0 saturated heterocycles. The standard InChI is InChI=1S/C29H30N4O2/c1-19-16-28(32-25-12-9-22(10-13-25)6-5-15-30)27-18-24(11-14-29(27)33(19)21(3)35)23-7-4-8-26(17-23)31-20(2)34/h4,7-14,17-19,28,32H,15-16,30H2,1-3H3,(H,31,34)/t19-,28+/m0/s1. The molecule has 35 heavy (non-hydrogen) atoms. The highest BCUT2D eigenvalue weighted by Crippen LogP contribution is 2.41. The van der Waals surface area contributed by atoms with E-state index in [2.05, 4.69) is 35.5 Å². The largest absolute Gasteiger partial charge is 0.378 e. The van der Waals surface area contributed by atoms with Gasteiger partial charge in [-0.25, -0.2) is 0 Å². The van der Waals surface area contributed by atoms with Crippen molar-refractivity contribution < 1.29 is 9.59 Å². The van der Waals surface area contributed by atoms with Gasteiger partial charge in [-0.1, -0.05) is 30.0 Å². The summed E-state index contributed by atoms with van der Waals surface area (Å²) in [6.07, 6.45) is 0.774. The molecular weight excluding hydrogens is 436 g/mol. The molecule has 1 heterocycles. The first-order valence-corrected chi connectivity index (χ1v) is 11.7. The van der Waals surface area contributed by atoms with E-state index < -0.39 is 0 Å². The summed E-state index contributed by atoms with van der Waals surface area (Å²) < 4.78 is 0. The smallest absolute Gasteiger partial charge is 0.224 e. The van der Waals surface area contributed by atoms with Crippen molar-refractivity contribution in [3.8, 4) is 23.0 Å². The first-order chi connectivity index (χ1) is 16.9. The third-order valence-electron chi connectivity index (χ3n) is 6.10. The van der Waals surface area contributed by atoms with Crippen molar-refractivity contribution >= 4 is 28.9 Å². The minimum absolute atomic E-state index is 0.0232. The fourth-order valence-electron chi connectivity index (χ4n) is 4.64. The summed E-state index contributed by atoms with van der Waals surface area (Å²) >= 11 is 0. The second-order valence-corrected chi connectivity index (χ2v) is 8.79. The number of benzene rings is 3. The van der Waals surface area contributed by atoms with Crippen molar-refractivity contribution in [3.63, 3.8) is 0 Å². The summed E-state index contributed by atoms with van der Waals surface area (Å²) in [5.74, 6) is 5.84. The minimum atomic E-state index is -0.108. The van der Waals surface area contributed by atoms with Crippen molar-refractivity contribution in [2.45, 2.75) is 39.3 Å². The number of amides is 2. The van der Waals surface area contributed by atoms with E-state index in [0.29, 0.717) is 6.54 Å². The van der Waals surface area contributed by atoms with Crippen LogP contribution in [0.2, 0.25) is 0 Å². The van der Waals surface area contributed by atoms with Crippen molar-refractivity contribution in [1.29, 1.82) is 0 Å². The topological polar surface area (TPSA) is 87.5 Å². The van der Waals surface area contributed by atoms with Crippen LogP contribution in [0.15, 0.2) is 66.7 Å². The van der Waals surface area contributed by atoms with E-state index in [1.165, 1.54) is 6.92 Å². The molecule has 0 radical (unpaired) electrons. The van der Waals surface area contributed by atoms with Gasteiger partial charge in [-0.2, -0.15) is 0 Å². The van der Waals surface area contributed by atoms with Crippen molar-refractivity contribution in [2.24, 2.45) is 5.73 Å². The molecule has 6 nitrogen and oxygen atoms in total. The van der Waals surface area contributed by atoms with Gasteiger partial charge in [0.25, 0.3) is 0 Å². The third kappa shape index (κ3) is 5.53. The van der Waals surface area contributed by atoms with Crippen LogP contribution in [0.5, 0.6) is 0 Å². The molecule has 1 aliphatic rings. The fraction of sp³-hybridized carbons (Fsp3) is 0.241. The summed E-state index contributed by atoms with van der Waals surface area (Å²) in [5.41, 5.74) is 12.1. The average Bonchev–Trinajstić information content (AvgIpc) is 2.83. The molecule has 0 aromatic heterocycles. The summed E-state index contributed by atoms with van der Waals surface area (Å²) in [5, 5.41) is 6.50. The van der Waals surface area contributed by atoms with Crippen LogP contribution in [0, 0.1) is 11.8 Å². The summed E-state index contributed by atoms with van der Waals surface area (Å²) in [6.45, 7) is 5.52. The van der Waals surface area contributed by atoms with Crippen molar-refractivity contribution in [3.05, 3.63) is 77.9 Å². The second kappa shape index (κ2) is 10.5. The molecule has 6 heteroatoms. The maximum absolute atomic E-state index is 12.5. The quantitative estimate of drug-likeness (QED) is 0.476. The lowest BCUT2D eigenvalue weighted by Crippen LogP contribution is -2.43. The Labute approximate surface area is 206 Å². The number of nitrogens with one attached hydrogen (secondary N) is 2. The lowest BCUT2D eigenvalue weighted by molar-refractivity contribution is -0.117. The van der Waals surface area contributed by atoms with Gasteiger partial charge in [0.2, 0.25) is 11.8 Å². The Morgan fingerprint density at radius 3 is 2.43 bits per heavy atom. The number of nitrogens with two attached hydrogens (primary N) is 1. The van der Waals surface area contributed by atoms with Gasteiger partial charge in [0, 0.05) is 42.5 Å². The summed E-state index contributed by atoms with van der Waals surface area (Å²) in [4.78, 5) is 25.9. The van der Waals surface area contributed by atoms with Gasteiger partial charge in [0.15, 0.2) is 0 Å². The Bertz CT molecular complexity index is 1300. The van der Waals surface area contributed by atoms with Crippen molar-refractivity contribution in [1.82, 2.24) is 0 Å². The molecule has 0 saturated carbocycles. The van der Waals surface area contributed by atoms with Crippen LogP contribution in [0.4, 0.5) is 17.1 Å². The predicted molar refractivity (Wildman–Crippen MR) is 142 cm³/mol. The molecule has 3 aromatic carbocycles. The maximum Gasteiger partial charge on any atom is 0.224 e.